The Balaban J connectivity index is 3.01. The van der Waals surface area contributed by atoms with Crippen LogP contribution in [0.2, 0.25) is 0 Å². The van der Waals surface area contributed by atoms with Gasteiger partial charge in [-0.1, -0.05) is 6.42 Å². The second kappa shape index (κ2) is 5.83. The highest BCUT2D eigenvalue weighted by molar-refractivity contribution is 7.72. The van der Waals surface area contributed by atoms with Crippen molar-refractivity contribution in [2.45, 2.75) is 49.6 Å². The van der Waals surface area contributed by atoms with Crippen molar-refractivity contribution in [3.8, 4) is 0 Å². The highest BCUT2D eigenvalue weighted by Crippen LogP contribution is 2.69. The molecular weight excluding hydrogens is 322 g/mol. The Bertz CT molecular complexity index is 492. The van der Waals surface area contributed by atoms with Crippen LogP contribution >= 0.6 is 15.2 Å². The molecule has 1 rings (SSSR count). The fourth-order valence-corrected chi connectivity index (χ4v) is 5.07. The smallest absolute Gasteiger partial charge is 0.368 e. The molecule has 0 aliphatic heterocycles. The third kappa shape index (κ3) is 3.63. The van der Waals surface area contributed by atoms with Gasteiger partial charge in [0.15, 0.2) is 0 Å². The summed E-state index contributed by atoms with van der Waals surface area (Å²) in [5, 5.41) is 14.1. The average Bonchev–Trinajstić information content (AvgIpc) is 2.65. The van der Waals surface area contributed by atoms with Crippen LogP contribution in [-0.4, -0.2) is 41.0 Å². The topological polar surface area (TPSA) is 185 Å². The van der Waals surface area contributed by atoms with Gasteiger partial charge in [-0.2, -0.15) is 0 Å². The van der Waals surface area contributed by atoms with Crippen molar-refractivity contribution in [2.75, 3.05) is 0 Å². The van der Waals surface area contributed by atoms with Gasteiger partial charge in [-0.25, -0.2) is 0 Å². The molecule has 0 spiro atoms. The number of hydrogen-bond acceptors (Lipinski definition) is 5. The summed E-state index contributed by atoms with van der Waals surface area (Å²) in [6.45, 7) is 1.57. The SMILES string of the molecule is CC(=N)C1CCCC1(N)CCC(O)(P(=O)(O)O)P(=O)(O)O. The van der Waals surface area contributed by atoms with Gasteiger partial charge in [-0.15, -0.1) is 0 Å². The van der Waals surface area contributed by atoms with Gasteiger partial charge in [-0.05, 0) is 26.2 Å². The Hall–Kier alpha value is -0.110. The summed E-state index contributed by atoms with van der Waals surface area (Å²) in [4.78, 5) is 36.4. The first-order valence-electron chi connectivity index (χ1n) is 6.42. The first-order valence-corrected chi connectivity index (χ1v) is 9.65. The van der Waals surface area contributed by atoms with Crippen LogP contribution in [0.25, 0.3) is 0 Å². The summed E-state index contributed by atoms with van der Waals surface area (Å²) in [6, 6.07) is 0. The lowest BCUT2D eigenvalue weighted by atomic mass is 9.81. The zero-order chi connectivity index (χ0) is 16.7. The molecule has 0 heterocycles. The van der Waals surface area contributed by atoms with Crippen LogP contribution in [-0.2, 0) is 9.13 Å². The maximum Gasteiger partial charge on any atom is 0.369 e. The van der Waals surface area contributed by atoms with Crippen LogP contribution in [0, 0.1) is 11.3 Å². The van der Waals surface area contributed by atoms with E-state index in [1.54, 1.807) is 6.92 Å². The molecule has 2 unspecified atom stereocenters. The Morgan fingerprint density at radius 2 is 1.81 bits per heavy atom. The van der Waals surface area contributed by atoms with Crippen LogP contribution in [0.5, 0.6) is 0 Å². The van der Waals surface area contributed by atoms with Gasteiger partial charge in [-0.3, -0.25) is 9.13 Å². The molecule has 1 aliphatic carbocycles. The molecule has 11 heteroatoms. The lowest BCUT2D eigenvalue weighted by Gasteiger charge is -2.36. The van der Waals surface area contributed by atoms with E-state index in [0.29, 0.717) is 25.0 Å². The molecule has 0 radical (unpaired) electrons. The fraction of sp³-hybridized carbons (Fsp3) is 0.900. The van der Waals surface area contributed by atoms with Gasteiger partial charge >= 0.3 is 15.2 Å². The molecule has 0 aromatic carbocycles. The largest absolute Gasteiger partial charge is 0.369 e. The molecule has 0 aromatic heterocycles. The molecule has 0 saturated heterocycles. The van der Waals surface area contributed by atoms with Crippen LogP contribution in [0.15, 0.2) is 0 Å². The minimum absolute atomic E-state index is 0.194. The molecule has 2 atom stereocenters. The van der Waals surface area contributed by atoms with Crippen LogP contribution < -0.4 is 5.73 Å². The lowest BCUT2D eigenvalue weighted by Crippen LogP contribution is -2.47. The Morgan fingerprint density at radius 3 is 2.19 bits per heavy atom. The number of hydrogen-bond donors (Lipinski definition) is 7. The van der Waals surface area contributed by atoms with E-state index in [1.807, 2.05) is 0 Å². The summed E-state index contributed by atoms with van der Waals surface area (Å²) >= 11 is 0. The zero-order valence-electron chi connectivity index (χ0n) is 11.6. The first kappa shape index (κ1) is 18.9. The summed E-state index contributed by atoms with van der Waals surface area (Å²) in [7, 11) is -10.9. The molecule has 1 fully saturated rings. The van der Waals surface area contributed by atoms with Crippen molar-refractivity contribution >= 4 is 20.9 Å². The van der Waals surface area contributed by atoms with E-state index in [9.17, 15) is 14.2 Å². The highest BCUT2D eigenvalue weighted by atomic mass is 31.2. The van der Waals surface area contributed by atoms with Crippen molar-refractivity contribution in [1.29, 1.82) is 5.41 Å². The molecule has 9 nitrogen and oxygen atoms in total. The Labute approximate surface area is 122 Å². The van der Waals surface area contributed by atoms with Gasteiger partial charge in [0.25, 0.3) is 5.08 Å². The highest BCUT2D eigenvalue weighted by Gasteiger charge is 2.60. The minimum Gasteiger partial charge on any atom is -0.368 e. The van der Waals surface area contributed by atoms with Crippen molar-refractivity contribution < 1.29 is 33.8 Å². The molecule has 0 amide bonds. The van der Waals surface area contributed by atoms with Crippen molar-refractivity contribution in [3.63, 3.8) is 0 Å². The van der Waals surface area contributed by atoms with E-state index in [2.05, 4.69) is 0 Å². The standard InChI is InChI=1S/C10H22N2O7P2/c1-7(11)8-3-2-4-9(8,12)5-6-10(13,20(14,15)16)21(17,18)19/h8,11,13H,2-6,12H2,1H3,(H2,14,15,16)(H2,17,18,19). The molecular formula is C10H22N2O7P2. The Kier molecular flexibility index (Phi) is 5.26. The average molecular weight is 344 g/mol. The summed E-state index contributed by atoms with van der Waals surface area (Å²) < 4.78 is 22.6. The van der Waals surface area contributed by atoms with Crippen molar-refractivity contribution in [1.82, 2.24) is 0 Å². The predicted octanol–water partition coefficient (Wildman–Crippen LogP) is 0.305. The van der Waals surface area contributed by atoms with Gasteiger partial charge in [0, 0.05) is 23.6 Å². The minimum atomic E-state index is -5.46. The first-order chi connectivity index (χ1) is 9.25. The van der Waals surface area contributed by atoms with E-state index in [1.165, 1.54) is 0 Å². The Morgan fingerprint density at radius 1 is 1.33 bits per heavy atom. The van der Waals surface area contributed by atoms with E-state index < -0.39 is 32.2 Å². The number of aliphatic hydroxyl groups is 1. The van der Waals surface area contributed by atoms with Gasteiger partial charge < -0.3 is 35.8 Å². The molecule has 8 N–H and O–H groups in total. The predicted molar refractivity (Wildman–Crippen MR) is 75.9 cm³/mol. The quantitative estimate of drug-likeness (QED) is 0.265. The second-order valence-electron chi connectivity index (χ2n) is 5.72. The van der Waals surface area contributed by atoms with Gasteiger partial charge in [0.2, 0.25) is 0 Å². The number of rotatable bonds is 6. The molecule has 124 valence electrons. The van der Waals surface area contributed by atoms with Crippen LogP contribution in [0.1, 0.15) is 39.0 Å². The fourth-order valence-electron chi connectivity index (χ4n) is 2.91. The maximum atomic E-state index is 11.3. The molecule has 0 aromatic rings. The second-order valence-corrected chi connectivity index (χ2v) is 9.73. The van der Waals surface area contributed by atoms with Gasteiger partial charge in [0.05, 0.1) is 0 Å². The van der Waals surface area contributed by atoms with Crippen LogP contribution in [0.4, 0.5) is 0 Å². The van der Waals surface area contributed by atoms with Crippen LogP contribution in [0.3, 0.4) is 0 Å². The molecule has 21 heavy (non-hydrogen) atoms. The molecule has 0 bridgehead atoms. The third-order valence-electron chi connectivity index (χ3n) is 4.21. The van der Waals surface area contributed by atoms with E-state index >= 15 is 0 Å². The molecule has 1 aliphatic rings. The summed E-state index contributed by atoms with van der Waals surface area (Å²) in [5.74, 6) is -0.324. The lowest BCUT2D eigenvalue weighted by molar-refractivity contribution is 0.112. The van der Waals surface area contributed by atoms with E-state index in [0.717, 1.165) is 0 Å². The van der Waals surface area contributed by atoms with Gasteiger partial charge in [0.1, 0.15) is 0 Å². The van der Waals surface area contributed by atoms with E-state index in [-0.39, 0.29) is 12.3 Å². The molecule has 1 saturated carbocycles. The van der Waals surface area contributed by atoms with Crippen molar-refractivity contribution in [3.05, 3.63) is 0 Å². The maximum absolute atomic E-state index is 11.3. The number of nitrogens with one attached hydrogen (secondary N) is 1. The third-order valence-corrected chi connectivity index (χ3v) is 8.09. The number of nitrogens with two attached hydrogens (primary N) is 1. The summed E-state index contributed by atoms with van der Waals surface area (Å²) in [6.07, 6.45) is 0.784. The summed E-state index contributed by atoms with van der Waals surface area (Å²) in [5.41, 5.74) is 5.46. The monoisotopic (exact) mass is 344 g/mol. The normalized spacial score (nSPS) is 27.9. The van der Waals surface area contributed by atoms with Crippen molar-refractivity contribution in [2.24, 2.45) is 11.7 Å². The zero-order valence-corrected chi connectivity index (χ0v) is 13.4. The van der Waals surface area contributed by atoms with E-state index in [4.69, 9.17) is 30.7 Å².